The second-order valence-corrected chi connectivity index (χ2v) is 5.89. The maximum atomic E-state index is 6.18. The molecule has 0 amide bonds. The van der Waals surface area contributed by atoms with Gasteiger partial charge >= 0.3 is 0 Å². The summed E-state index contributed by atoms with van der Waals surface area (Å²) in [7, 11) is 3.26. The second-order valence-electron chi connectivity index (χ2n) is 5.89. The largest absolute Gasteiger partial charge is 0.493 e. The topological polar surface area (TPSA) is 95.9 Å². The van der Waals surface area contributed by atoms with Crippen LogP contribution in [0.4, 0.5) is 0 Å². The molecule has 8 nitrogen and oxygen atoms in total. The van der Waals surface area contributed by atoms with Gasteiger partial charge in [0.15, 0.2) is 17.3 Å². The summed E-state index contributed by atoms with van der Waals surface area (Å²) in [4.78, 5) is 6.53. The van der Waals surface area contributed by atoms with E-state index in [0.29, 0.717) is 35.5 Å². The summed E-state index contributed by atoms with van der Waals surface area (Å²) in [5.41, 5.74) is 5.49. The van der Waals surface area contributed by atoms with Crippen molar-refractivity contribution in [2.75, 3.05) is 27.3 Å². The Bertz CT molecular complexity index is 667. The van der Waals surface area contributed by atoms with E-state index in [1.807, 2.05) is 18.2 Å². The highest BCUT2D eigenvalue weighted by molar-refractivity contribution is 5.85. The highest BCUT2D eigenvalue weighted by atomic mass is 35.5. The molecule has 1 aliphatic rings. The molecular weight excluding hydrogens is 360 g/mol. The molecule has 26 heavy (non-hydrogen) atoms. The fourth-order valence-corrected chi connectivity index (χ4v) is 2.92. The average Bonchev–Trinajstić information content (AvgIpc) is 3.11. The number of methoxy groups -OCH3 is 2. The smallest absolute Gasteiger partial charge is 0.240 e. The van der Waals surface area contributed by atoms with E-state index < -0.39 is 0 Å². The molecule has 3 rings (SSSR count). The quantitative estimate of drug-likeness (QED) is 0.774. The van der Waals surface area contributed by atoms with Gasteiger partial charge in [-0.15, -0.1) is 12.4 Å². The zero-order valence-electron chi connectivity index (χ0n) is 15.0. The van der Waals surface area contributed by atoms with E-state index in [9.17, 15) is 0 Å². The first kappa shape index (κ1) is 20.3. The lowest BCUT2D eigenvalue weighted by molar-refractivity contribution is 0.0900. The SMILES string of the molecule is COc1cccc(OC)c1OC1CCN(Cc2noc(CN)n2)CC1.Cl. The number of nitrogens with zero attached hydrogens (tertiary/aromatic N) is 3. The Kier molecular flexibility index (Phi) is 7.50. The molecule has 0 aliphatic carbocycles. The summed E-state index contributed by atoms with van der Waals surface area (Å²) >= 11 is 0. The number of hydrogen-bond acceptors (Lipinski definition) is 8. The van der Waals surface area contributed by atoms with Crippen molar-refractivity contribution in [1.29, 1.82) is 0 Å². The minimum Gasteiger partial charge on any atom is -0.493 e. The number of hydrogen-bond donors (Lipinski definition) is 1. The standard InChI is InChI=1S/C17H24N4O4.ClH/c1-22-13-4-3-5-14(23-2)17(13)24-12-6-8-21(9-7-12)11-15-19-16(10-18)25-20-15;/h3-5,12H,6-11,18H2,1-2H3;1H. The van der Waals surface area contributed by atoms with Crippen molar-refractivity contribution in [3.8, 4) is 17.2 Å². The van der Waals surface area contributed by atoms with Crippen molar-refractivity contribution in [1.82, 2.24) is 15.0 Å². The van der Waals surface area contributed by atoms with Crippen LogP contribution in [0.15, 0.2) is 22.7 Å². The van der Waals surface area contributed by atoms with Gasteiger partial charge in [0, 0.05) is 13.1 Å². The van der Waals surface area contributed by atoms with Gasteiger partial charge in [-0.1, -0.05) is 11.2 Å². The van der Waals surface area contributed by atoms with E-state index in [0.717, 1.165) is 25.9 Å². The van der Waals surface area contributed by atoms with Gasteiger partial charge in [-0.25, -0.2) is 0 Å². The third kappa shape index (κ3) is 4.78. The van der Waals surface area contributed by atoms with Crippen LogP contribution in [0.2, 0.25) is 0 Å². The number of halogens is 1. The van der Waals surface area contributed by atoms with Gasteiger partial charge < -0.3 is 24.5 Å². The van der Waals surface area contributed by atoms with Crippen LogP contribution in [0.25, 0.3) is 0 Å². The second kappa shape index (κ2) is 9.61. The molecule has 0 spiro atoms. The average molecular weight is 385 g/mol. The lowest BCUT2D eigenvalue weighted by Crippen LogP contribution is -2.38. The predicted molar refractivity (Wildman–Crippen MR) is 97.9 cm³/mol. The van der Waals surface area contributed by atoms with Crippen LogP contribution in [0, 0.1) is 0 Å². The summed E-state index contributed by atoms with van der Waals surface area (Å²) in [5.74, 6) is 3.17. The lowest BCUT2D eigenvalue weighted by atomic mass is 10.1. The van der Waals surface area contributed by atoms with Crippen LogP contribution >= 0.6 is 12.4 Å². The highest BCUT2D eigenvalue weighted by Crippen LogP contribution is 2.38. The number of nitrogens with two attached hydrogens (primary N) is 1. The Morgan fingerprint density at radius 2 is 1.85 bits per heavy atom. The van der Waals surface area contributed by atoms with E-state index >= 15 is 0 Å². The van der Waals surface area contributed by atoms with Gasteiger partial charge in [0.2, 0.25) is 11.6 Å². The minimum atomic E-state index is 0. The fourth-order valence-electron chi connectivity index (χ4n) is 2.92. The minimum absolute atomic E-state index is 0. The van der Waals surface area contributed by atoms with Crippen LogP contribution in [0.5, 0.6) is 17.2 Å². The van der Waals surface area contributed by atoms with E-state index in [2.05, 4.69) is 15.0 Å². The maximum Gasteiger partial charge on any atom is 0.240 e. The van der Waals surface area contributed by atoms with Crippen molar-refractivity contribution in [2.24, 2.45) is 5.73 Å². The fraction of sp³-hybridized carbons (Fsp3) is 0.529. The monoisotopic (exact) mass is 384 g/mol. The highest BCUT2D eigenvalue weighted by Gasteiger charge is 2.24. The lowest BCUT2D eigenvalue weighted by Gasteiger charge is -2.31. The number of likely N-dealkylation sites (tertiary alicyclic amines) is 1. The molecule has 2 N–H and O–H groups in total. The first-order valence-electron chi connectivity index (χ1n) is 8.35. The van der Waals surface area contributed by atoms with Crippen molar-refractivity contribution in [3.63, 3.8) is 0 Å². The van der Waals surface area contributed by atoms with Gasteiger partial charge in [0.05, 0.1) is 27.3 Å². The molecule has 0 radical (unpaired) electrons. The van der Waals surface area contributed by atoms with Crippen molar-refractivity contribution in [2.45, 2.75) is 32.0 Å². The molecule has 1 aliphatic heterocycles. The summed E-state index contributed by atoms with van der Waals surface area (Å²) < 4.78 is 22.0. The molecule has 0 atom stereocenters. The Morgan fingerprint density at radius 3 is 2.38 bits per heavy atom. The summed E-state index contributed by atoms with van der Waals surface area (Å²) in [6.07, 6.45) is 1.93. The van der Waals surface area contributed by atoms with Gasteiger partial charge in [0.1, 0.15) is 6.10 Å². The third-order valence-electron chi connectivity index (χ3n) is 4.25. The maximum absolute atomic E-state index is 6.18. The molecular formula is C17H25ClN4O4. The number of piperidine rings is 1. The van der Waals surface area contributed by atoms with Crippen molar-refractivity contribution < 1.29 is 18.7 Å². The number of rotatable bonds is 7. The molecule has 2 aromatic rings. The van der Waals surface area contributed by atoms with Gasteiger partial charge in [-0.3, -0.25) is 4.90 Å². The zero-order valence-corrected chi connectivity index (χ0v) is 15.8. The molecule has 0 bridgehead atoms. The summed E-state index contributed by atoms with van der Waals surface area (Å²) in [5, 5.41) is 3.94. The van der Waals surface area contributed by atoms with Crippen LogP contribution in [-0.4, -0.2) is 48.5 Å². The molecule has 9 heteroatoms. The Balaban J connectivity index is 0.00000243. The first-order chi connectivity index (χ1) is 12.2. The molecule has 0 saturated carbocycles. The van der Waals surface area contributed by atoms with E-state index in [1.54, 1.807) is 14.2 Å². The van der Waals surface area contributed by atoms with Gasteiger partial charge in [-0.05, 0) is 25.0 Å². The molecule has 2 heterocycles. The zero-order chi connectivity index (χ0) is 17.6. The molecule has 1 saturated heterocycles. The van der Waals surface area contributed by atoms with Gasteiger partial charge in [-0.2, -0.15) is 4.98 Å². The normalized spacial score (nSPS) is 15.3. The van der Waals surface area contributed by atoms with E-state index in [4.69, 9.17) is 24.5 Å². The van der Waals surface area contributed by atoms with E-state index in [-0.39, 0.29) is 25.1 Å². The Labute approximate surface area is 159 Å². The first-order valence-corrected chi connectivity index (χ1v) is 8.35. The molecule has 144 valence electrons. The molecule has 1 aromatic carbocycles. The number of aromatic nitrogens is 2. The number of benzene rings is 1. The molecule has 1 fully saturated rings. The molecule has 1 aromatic heterocycles. The number of para-hydroxylation sites is 1. The van der Waals surface area contributed by atoms with E-state index in [1.165, 1.54) is 0 Å². The predicted octanol–water partition coefficient (Wildman–Crippen LogP) is 2.01. The summed E-state index contributed by atoms with van der Waals surface area (Å²) in [6.45, 7) is 2.72. The van der Waals surface area contributed by atoms with Crippen molar-refractivity contribution in [3.05, 3.63) is 29.9 Å². The van der Waals surface area contributed by atoms with Crippen LogP contribution < -0.4 is 19.9 Å². The number of ether oxygens (including phenoxy) is 3. The summed E-state index contributed by atoms with van der Waals surface area (Å²) in [6, 6.07) is 5.63. The van der Waals surface area contributed by atoms with Crippen molar-refractivity contribution >= 4 is 12.4 Å². The Hall–Kier alpha value is -2.03. The third-order valence-corrected chi connectivity index (χ3v) is 4.25. The van der Waals surface area contributed by atoms with Crippen LogP contribution in [0.3, 0.4) is 0 Å². The Morgan fingerprint density at radius 1 is 1.19 bits per heavy atom. The van der Waals surface area contributed by atoms with Crippen LogP contribution in [-0.2, 0) is 13.1 Å². The molecule has 0 unspecified atom stereocenters. The van der Waals surface area contributed by atoms with Gasteiger partial charge in [0.25, 0.3) is 0 Å². The van der Waals surface area contributed by atoms with Crippen LogP contribution in [0.1, 0.15) is 24.6 Å².